The highest BCUT2D eigenvalue weighted by Gasteiger charge is 2.50. The maximum Gasteiger partial charge on any atom is 0.174 e. The summed E-state index contributed by atoms with van der Waals surface area (Å²) in [7, 11) is 0. The van der Waals surface area contributed by atoms with E-state index in [0.29, 0.717) is 26.1 Å². The molecular weight excluding hydrogens is 192 g/mol. The second-order valence-corrected chi connectivity index (χ2v) is 4.07. The zero-order chi connectivity index (χ0) is 11.4. The Hall–Kier alpha value is -0.640. The topological polar surface area (TPSA) is 38.7 Å². The van der Waals surface area contributed by atoms with E-state index in [4.69, 9.17) is 9.47 Å². The van der Waals surface area contributed by atoms with E-state index in [9.17, 15) is 5.11 Å². The van der Waals surface area contributed by atoms with Crippen molar-refractivity contribution in [3.05, 3.63) is 25.3 Å². The number of hydrogen-bond donors (Lipinski definition) is 1. The van der Waals surface area contributed by atoms with Crippen molar-refractivity contribution in [1.82, 2.24) is 0 Å². The summed E-state index contributed by atoms with van der Waals surface area (Å²) >= 11 is 0. The quantitative estimate of drug-likeness (QED) is 0.683. The summed E-state index contributed by atoms with van der Waals surface area (Å²) in [5.74, 6) is -0.732. The van der Waals surface area contributed by atoms with Crippen molar-refractivity contribution < 1.29 is 14.6 Å². The van der Waals surface area contributed by atoms with E-state index in [2.05, 4.69) is 13.2 Å². The molecule has 0 aromatic heterocycles. The normalized spacial score (nSPS) is 20.1. The molecule has 0 unspecified atom stereocenters. The van der Waals surface area contributed by atoms with Crippen molar-refractivity contribution in [3.63, 3.8) is 0 Å². The van der Waals surface area contributed by atoms with Crippen molar-refractivity contribution in [1.29, 1.82) is 0 Å². The van der Waals surface area contributed by atoms with Gasteiger partial charge in [0, 0.05) is 0 Å². The zero-order valence-electron chi connectivity index (χ0n) is 9.37. The summed E-state index contributed by atoms with van der Waals surface area (Å²) in [6, 6.07) is 0. The van der Waals surface area contributed by atoms with E-state index >= 15 is 0 Å². The number of aliphatic hydroxyl groups excluding tert-OH is 1. The molecule has 0 bridgehead atoms. The average molecular weight is 212 g/mol. The molecule has 1 aliphatic rings. The smallest absolute Gasteiger partial charge is 0.174 e. The molecule has 0 atom stereocenters. The minimum Gasteiger partial charge on any atom is -0.396 e. The Morgan fingerprint density at radius 2 is 1.73 bits per heavy atom. The van der Waals surface area contributed by atoms with Crippen molar-refractivity contribution in [2.24, 2.45) is 5.41 Å². The second kappa shape index (κ2) is 4.92. The Bertz CT molecular complexity index is 219. The second-order valence-electron chi connectivity index (χ2n) is 4.07. The first-order valence-electron chi connectivity index (χ1n) is 5.25. The fraction of sp³-hybridized carbons (Fsp3) is 0.667. The molecule has 15 heavy (non-hydrogen) atoms. The molecule has 3 nitrogen and oxygen atoms in total. The highest BCUT2D eigenvalue weighted by molar-refractivity contribution is 5.00. The van der Waals surface area contributed by atoms with Crippen LogP contribution in [0.15, 0.2) is 25.3 Å². The lowest BCUT2D eigenvalue weighted by Gasteiger charge is -2.42. The molecule has 1 saturated heterocycles. The van der Waals surface area contributed by atoms with Gasteiger partial charge in [-0.25, -0.2) is 0 Å². The van der Waals surface area contributed by atoms with Crippen molar-refractivity contribution in [2.45, 2.75) is 25.6 Å². The fourth-order valence-corrected chi connectivity index (χ4v) is 2.10. The third-order valence-electron chi connectivity index (χ3n) is 3.17. The third-order valence-corrected chi connectivity index (χ3v) is 3.17. The Morgan fingerprint density at radius 1 is 1.27 bits per heavy atom. The van der Waals surface area contributed by atoms with Gasteiger partial charge in [-0.3, -0.25) is 0 Å². The molecule has 1 N–H and O–H groups in total. The van der Waals surface area contributed by atoms with Crippen LogP contribution < -0.4 is 0 Å². The molecule has 1 heterocycles. The first-order chi connectivity index (χ1) is 7.14. The molecule has 0 amide bonds. The van der Waals surface area contributed by atoms with Crippen LogP contribution in [0.2, 0.25) is 0 Å². The predicted octanol–water partition coefficient (Wildman–Crippen LogP) is 1.88. The first kappa shape index (κ1) is 12.4. The van der Waals surface area contributed by atoms with Crippen LogP contribution in [0.1, 0.15) is 19.8 Å². The Balaban J connectivity index is 2.94. The van der Waals surface area contributed by atoms with Crippen LogP contribution in [0.25, 0.3) is 0 Å². The van der Waals surface area contributed by atoms with Crippen LogP contribution >= 0.6 is 0 Å². The van der Waals surface area contributed by atoms with Gasteiger partial charge in [0.15, 0.2) is 5.79 Å². The minimum atomic E-state index is -0.732. The molecule has 0 spiro atoms. The van der Waals surface area contributed by atoms with Gasteiger partial charge in [0.1, 0.15) is 0 Å². The van der Waals surface area contributed by atoms with E-state index in [-0.39, 0.29) is 6.61 Å². The number of ether oxygens (including phenoxy) is 2. The van der Waals surface area contributed by atoms with Crippen LogP contribution in [-0.4, -0.2) is 30.7 Å². The Kier molecular flexibility index (Phi) is 4.08. The molecule has 0 radical (unpaired) electrons. The van der Waals surface area contributed by atoms with Crippen molar-refractivity contribution in [3.8, 4) is 0 Å². The number of aliphatic hydroxyl groups is 1. The van der Waals surface area contributed by atoms with Crippen LogP contribution in [0.3, 0.4) is 0 Å². The van der Waals surface area contributed by atoms with Gasteiger partial charge in [-0.15, -0.1) is 13.2 Å². The molecule has 1 aliphatic heterocycles. The molecule has 3 heteroatoms. The standard InChI is InChI=1S/C12H20O3/c1-4-6-12(10-13,7-5-2)11(3)14-8-9-15-11/h4-5,13H,1-2,6-10H2,3H3. The molecule has 0 aromatic rings. The first-order valence-corrected chi connectivity index (χ1v) is 5.25. The largest absolute Gasteiger partial charge is 0.396 e. The summed E-state index contributed by atoms with van der Waals surface area (Å²) in [6.45, 7) is 10.5. The van der Waals surface area contributed by atoms with E-state index in [1.165, 1.54) is 0 Å². The van der Waals surface area contributed by atoms with Crippen molar-refractivity contribution in [2.75, 3.05) is 19.8 Å². The predicted molar refractivity (Wildman–Crippen MR) is 59.5 cm³/mol. The molecule has 86 valence electrons. The lowest BCUT2D eigenvalue weighted by molar-refractivity contribution is -0.234. The highest BCUT2D eigenvalue weighted by Crippen LogP contribution is 2.44. The van der Waals surface area contributed by atoms with E-state index in [1.54, 1.807) is 12.2 Å². The van der Waals surface area contributed by atoms with Gasteiger partial charge in [0.05, 0.1) is 25.2 Å². The van der Waals surface area contributed by atoms with Gasteiger partial charge in [-0.1, -0.05) is 12.2 Å². The number of rotatable bonds is 6. The Labute approximate surface area is 91.4 Å². The van der Waals surface area contributed by atoms with Crippen LogP contribution in [0.5, 0.6) is 0 Å². The van der Waals surface area contributed by atoms with Gasteiger partial charge < -0.3 is 14.6 Å². The van der Waals surface area contributed by atoms with E-state index in [0.717, 1.165) is 0 Å². The number of hydrogen-bond acceptors (Lipinski definition) is 3. The molecule has 1 rings (SSSR count). The maximum absolute atomic E-state index is 9.61. The van der Waals surface area contributed by atoms with Gasteiger partial charge >= 0.3 is 0 Å². The molecule has 0 aromatic carbocycles. The van der Waals surface area contributed by atoms with Gasteiger partial charge in [0.25, 0.3) is 0 Å². The lowest BCUT2D eigenvalue weighted by Crippen LogP contribution is -2.49. The van der Waals surface area contributed by atoms with Gasteiger partial charge in [-0.05, 0) is 19.8 Å². The average Bonchev–Trinajstić information content (AvgIpc) is 2.66. The number of allylic oxidation sites excluding steroid dienone is 2. The van der Waals surface area contributed by atoms with Crippen LogP contribution in [-0.2, 0) is 9.47 Å². The molecular formula is C12H20O3. The zero-order valence-corrected chi connectivity index (χ0v) is 9.37. The van der Waals surface area contributed by atoms with Crippen LogP contribution in [0.4, 0.5) is 0 Å². The summed E-state index contributed by atoms with van der Waals surface area (Å²) in [5, 5.41) is 9.61. The van der Waals surface area contributed by atoms with Crippen LogP contribution in [0, 0.1) is 5.41 Å². The fourth-order valence-electron chi connectivity index (χ4n) is 2.10. The lowest BCUT2D eigenvalue weighted by atomic mass is 9.74. The van der Waals surface area contributed by atoms with E-state index < -0.39 is 11.2 Å². The minimum absolute atomic E-state index is 0.00153. The summed E-state index contributed by atoms with van der Waals surface area (Å²) in [6.07, 6.45) is 4.87. The monoisotopic (exact) mass is 212 g/mol. The molecule has 0 aliphatic carbocycles. The Morgan fingerprint density at radius 3 is 2.07 bits per heavy atom. The SMILES string of the molecule is C=CCC(CO)(CC=C)C1(C)OCCO1. The highest BCUT2D eigenvalue weighted by atomic mass is 16.7. The molecule has 1 fully saturated rings. The molecule has 0 saturated carbocycles. The third kappa shape index (κ3) is 2.14. The van der Waals surface area contributed by atoms with E-state index in [1.807, 2.05) is 6.92 Å². The van der Waals surface area contributed by atoms with Crippen molar-refractivity contribution >= 4 is 0 Å². The maximum atomic E-state index is 9.61. The van der Waals surface area contributed by atoms with Gasteiger partial charge in [-0.2, -0.15) is 0 Å². The van der Waals surface area contributed by atoms with Gasteiger partial charge in [0.2, 0.25) is 0 Å². The summed E-state index contributed by atoms with van der Waals surface area (Å²) in [4.78, 5) is 0. The summed E-state index contributed by atoms with van der Waals surface area (Å²) in [5.41, 5.74) is -0.465. The summed E-state index contributed by atoms with van der Waals surface area (Å²) < 4.78 is 11.2.